The summed E-state index contributed by atoms with van der Waals surface area (Å²) in [5.74, 6) is 0.0669. The summed E-state index contributed by atoms with van der Waals surface area (Å²) in [6, 6.07) is 12.5. The van der Waals surface area contributed by atoms with Crippen LogP contribution in [-0.4, -0.2) is 39.2 Å². The van der Waals surface area contributed by atoms with Crippen molar-refractivity contribution < 1.29 is 17.2 Å². The van der Waals surface area contributed by atoms with Crippen molar-refractivity contribution in [3.05, 3.63) is 71.2 Å². The fraction of sp³-hybridized carbons (Fsp3) is 0.227. The molecule has 0 radical (unpaired) electrons. The van der Waals surface area contributed by atoms with Crippen molar-refractivity contribution >= 4 is 10.0 Å². The van der Waals surface area contributed by atoms with E-state index >= 15 is 0 Å². The average Bonchev–Trinajstić information content (AvgIpc) is 3.39. The number of hydrogen-bond acceptors (Lipinski definition) is 6. The van der Waals surface area contributed by atoms with Gasteiger partial charge >= 0.3 is 0 Å². The third kappa shape index (κ3) is 3.51. The van der Waals surface area contributed by atoms with Crippen molar-refractivity contribution in [3.63, 3.8) is 0 Å². The quantitative estimate of drug-likeness (QED) is 0.471. The van der Waals surface area contributed by atoms with Gasteiger partial charge in [0.1, 0.15) is 5.82 Å². The van der Waals surface area contributed by atoms with Gasteiger partial charge in [-0.1, -0.05) is 17.7 Å². The number of rotatable bonds is 4. The highest BCUT2D eigenvalue weighted by Gasteiger charge is 2.33. The molecule has 0 unspecified atom stereocenters. The summed E-state index contributed by atoms with van der Waals surface area (Å²) in [6.07, 6.45) is 0.517. The van der Waals surface area contributed by atoms with Crippen LogP contribution in [0.4, 0.5) is 4.39 Å². The third-order valence-electron chi connectivity index (χ3n) is 5.58. The molecule has 1 aliphatic heterocycles. The number of aryl methyl sites for hydroxylation is 2. The normalized spacial score (nSPS) is 14.5. The Kier molecular flexibility index (Phi) is 4.90. The molecule has 2 aromatic carbocycles. The zero-order chi connectivity index (χ0) is 22.5. The Morgan fingerprint density at radius 1 is 1.00 bits per heavy atom. The van der Waals surface area contributed by atoms with Gasteiger partial charge < -0.3 is 4.42 Å². The van der Waals surface area contributed by atoms with Crippen molar-refractivity contribution in [1.82, 2.24) is 24.3 Å². The van der Waals surface area contributed by atoms with Gasteiger partial charge in [0.15, 0.2) is 5.69 Å². The van der Waals surface area contributed by atoms with E-state index < -0.39 is 10.0 Å². The van der Waals surface area contributed by atoms with Gasteiger partial charge in [0.2, 0.25) is 15.9 Å². The highest BCUT2D eigenvalue weighted by molar-refractivity contribution is 7.89. The Morgan fingerprint density at radius 3 is 2.41 bits per heavy atom. The second-order valence-electron chi connectivity index (χ2n) is 7.72. The minimum absolute atomic E-state index is 0.156. The standard InChI is InChI=1S/C22H20FN5O3S/c1-14-3-9-17(10-4-14)32(29,30)28-12-11-19-18(13-28)20(26-27(19)2)22-25-24-21(31-22)15-5-7-16(23)8-6-15/h3-10H,11-13H2,1-2H3. The lowest BCUT2D eigenvalue weighted by molar-refractivity contribution is 0.386. The maximum Gasteiger partial charge on any atom is 0.268 e. The molecule has 0 saturated heterocycles. The van der Waals surface area contributed by atoms with E-state index in [-0.39, 0.29) is 29.0 Å². The lowest BCUT2D eigenvalue weighted by atomic mass is 10.1. The van der Waals surface area contributed by atoms with Crippen LogP contribution in [0, 0.1) is 12.7 Å². The van der Waals surface area contributed by atoms with Crippen LogP contribution in [0.3, 0.4) is 0 Å². The summed E-state index contributed by atoms with van der Waals surface area (Å²) >= 11 is 0. The van der Waals surface area contributed by atoms with Crippen molar-refractivity contribution in [2.24, 2.45) is 7.05 Å². The maximum absolute atomic E-state index is 13.2. The highest BCUT2D eigenvalue weighted by Crippen LogP contribution is 2.32. The fourth-order valence-electron chi connectivity index (χ4n) is 3.83. The van der Waals surface area contributed by atoms with E-state index in [1.165, 1.54) is 16.4 Å². The molecule has 5 rings (SSSR count). The molecule has 1 aliphatic rings. The molecular formula is C22H20FN5O3S. The molecule has 0 spiro atoms. The molecule has 0 bridgehead atoms. The lowest BCUT2D eigenvalue weighted by Gasteiger charge is -2.26. The third-order valence-corrected chi connectivity index (χ3v) is 7.44. The summed E-state index contributed by atoms with van der Waals surface area (Å²) < 4.78 is 48.6. The molecule has 10 heteroatoms. The summed E-state index contributed by atoms with van der Waals surface area (Å²) in [5, 5.41) is 12.7. The van der Waals surface area contributed by atoms with E-state index in [1.807, 2.05) is 14.0 Å². The van der Waals surface area contributed by atoms with Crippen LogP contribution in [0.15, 0.2) is 57.8 Å². The number of nitrogens with zero attached hydrogens (tertiary/aromatic N) is 5. The Hall–Kier alpha value is -3.37. The molecule has 0 amide bonds. The molecule has 0 aliphatic carbocycles. The zero-order valence-corrected chi connectivity index (χ0v) is 18.3. The molecule has 32 heavy (non-hydrogen) atoms. The van der Waals surface area contributed by atoms with Gasteiger partial charge in [0, 0.05) is 43.4 Å². The second kappa shape index (κ2) is 7.64. The first-order valence-corrected chi connectivity index (χ1v) is 11.5. The molecule has 4 aromatic rings. The summed E-state index contributed by atoms with van der Waals surface area (Å²) in [5.41, 5.74) is 3.69. The SMILES string of the molecule is Cc1ccc(S(=O)(=O)N2CCc3c(c(-c4nnc(-c5ccc(F)cc5)o4)nn3C)C2)cc1. The van der Waals surface area contributed by atoms with Crippen LogP contribution in [0.25, 0.3) is 23.0 Å². The highest BCUT2D eigenvalue weighted by atomic mass is 32.2. The maximum atomic E-state index is 13.2. The van der Waals surface area contributed by atoms with Crippen LogP contribution in [0.1, 0.15) is 16.8 Å². The van der Waals surface area contributed by atoms with Crippen LogP contribution >= 0.6 is 0 Å². The van der Waals surface area contributed by atoms with Crippen molar-refractivity contribution in [2.75, 3.05) is 6.54 Å². The number of halogens is 1. The summed E-state index contributed by atoms with van der Waals surface area (Å²) in [6.45, 7) is 2.42. The Labute approximate surface area is 184 Å². The van der Waals surface area contributed by atoms with Crippen molar-refractivity contribution in [3.8, 4) is 23.0 Å². The van der Waals surface area contributed by atoms with Gasteiger partial charge in [-0.2, -0.15) is 9.40 Å². The fourth-order valence-corrected chi connectivity index (χ4v) is 5.24. The first-order chi connectivity index (χ1) is 15.3. The average molecular weight is 453 g/mol. The van der Waals surface area contributed by atoms with Crippen LogP contribution in [-0.2, 0) is 30.0 Å². The number of sulfonamides is 1. The first-order valence-electron chi connectivity index (χ1n) is 10.0. The molecule has 0 atom stereocenters. The minimum Gasteiger partial charge on any atom is -0.415 e. The van der Waals surface area contributed by atoms with E-state index in [2.05, 4.69) is 15.3 Å². The number of aromatic nitrogens is 4. The largest absolute Gasteiger partial charge is 0.415 e. The molecular weight excluding hydrogens is 433 g/mol. The van der Waals surface area contributed by atoms with E-state index in [9.17, 15) is 12.8 Å². The minimum atomic E-state index is -3.66. The van der Waals surface area contributed by atoms with Crippen LogP contribution in [0.2, 0.25) is 0 Å². The predicted octanol–water partition coefficient (Wildman–Crippen LogP) is 3.33. The van der Waals surface area contributed by atoms with Gasteiger partial charge in [-0.15, -0.1) is 10.2 Å². The Morgan fingerprint density at radius 2 is 1.69 bits per heavy atom. The van der Waals surface area contributed by atoms with Gasteiger partial charge in [-0.25, -0.2) is 12.8 Å². The monoisotopic (exact) mass is 453 g/mol. The lowest BCUT2D eigenvalue weighted by Crippen LogP contribution is -2.36. The molecule has 0 saturated carbocycles. The van der Waals surface area contributed by atoms with Gasteiger partial charge in [-0.3, -0.25) is 4.68 Å². The molecule has 0 N–H and O–H groups in total. The van der Waals surface area contributed by atoms with Gasteiger partial charge in [0.05, 0.1) is 4.90 Å². The van der Waals surface area contributed by atoms with Crippen molar-refractivity contribution in [1.29, 1.82) is 0 Å². The number of hydrogen-bond donors (Lipinski definition) is 0. The zero-order valence-electron chi connectivity index (χ0n) is 17.5. The molecule has 164 valence electrons. The van der Waals surface area contributed by atoms with Crippen LogP contribution in [0.5, 0.6) is 0 Å². The number of fused-ring (bicyclic) bond motifs is 1. The van der Waals surface area contributed by atoms with Crippen molar-refractivity contribution in [2.45, 2.75) is 24.8 Å². The first kappa shape index (κ1) is 20.5. The van der Waals surface area contributed by atoms with E-state index in [1.54, 1.807) is 41.1 Å². The molecule has 0 fully saturated rings. The smallest absolute Gasteiger partial charge is 0.268 e. The van der Waals surface area contributed by atoms with Crippen LogP contribution < -0.4 is 0 Å². The Bertz CT molecular complexity index is 1390. The molecule has 8 nitrogen and oxygen atoms in total. The van der Waals surface area contributed by atoms with E-state index in [0.29, 0.717) is 24.2 Å². The summed E-state index contributed by atoms with van der Waals surface area (Å²) in [4.78, 5) is 0.258. The van der Waals surface area contributed by atoms with E-state index in [0.717, 1.165) is 16.8 Å². The van der Waals surface area contributed by atoms with Gasteiger partial charge in [-0.05, 0) is 43.3 Å². The van der Waals surface area contributed by atoms with E-state index in [4.69, 9.17) is 4.42 Å². The molecule has 2 aromatic heterocycles. The van der Waals surface area contributed by atoms with Gasteiger partial charge in [0.25, 0.3) is 5.89 Å². The summed E-state index contributed by atoms with van der Waals surface area (Å²) in [7, 11) is -1.85. The molecule has 3 heterocycles. The number of benzene rings is 2. The Balaban J connectivity index is 1.49. The predicted molar refractivity (Wildman–Crippen MR) is 114 cm³/mol. The second-order valence-corrected chi connectivity index (χ2v) is 9.66. The topological polar surface area (TPSA) is 94.1 Å².